The van der Waals surface area contributed by atoms with Gasteiger partial charge < -0.3 is 0 Å². The number of hydrogen-bond donors (Lipinski definition) is 1. The zero-order valence-electron chi connectivity index (χ0n) is 9.73. The Labute approximate surface area is 98.7 Å². The summed E-state index contributed by atoms with van der Waals surface area (Å²) >= 11 is 0. The van der Waals surface area contributed by atoms with Crippen molar-refractivity contribution in [3.8, 4) is 0 Å². The molecular weight excluding hydrogens is 212 g/mol. The smallest absolute Gasteiger partial charge is 0.277 e. The highest BCUT2D eigenvalue weighted by molar-refractivity contribution is 5.85. The van der Waals surface area contributed by atoms with Crippen LogP contribution in [0, 0.1) is 0 Å². The Balaban J connectivity index is 2.44. The van der Waals surface area contributed by atoms with Crippen molar-refractivity contribution in [3.05, 3.63) is 52.4 Å². The Hall–Kier alpha value is -2.03. The summed E-state index contributed by atoms with van der Waals surface area (Å²) in [7, 11) is 0. The van der Waals surface area contributed by atoms with E-state index in [4.69, 9.17) is 0 Å². The van der Waals surface area contributed by atoms with E-state index in [9.17, 15) is 4.79 Å². The van der Waals surface area contributed by atoms with Crippen LogP contribution in [-0.2, 0) is 6.42 Å². The third-order valence-electron chi connectivity index (χ3n) is 3.14. The van der Waals surface area contributed by atoms with Crippen molar-refractivity contribution in [3.63, 3.8) is 0 Å². The predicted octanol–water partition coefficient (Wildman–Crippen LogP) is 2.73. The van der Waals surface area contributed by atoms with Crippen molar-refractivity contribution in [2.75, 3.05) is 0 Å². The lowest BCUT2D eigenvalue weighted by atomic mass is 10.1. The molecule has 0 unspecified atom stereocenters. The van der Waals surface area contributed by atoms with Crippen LogP contribution in [0.3, 0.4) is 0 Å². The minimum absolute atomic E-state index is 0.0282. The van der Waals surface area contributed by atoms with E-state index in [-0.39, 0.29) is 5.56 Å². The van der Waals surface area contributed by atoms with E-state index < -0.39 is 0 Å². The van der Waals surface area contributed by atoms with Gasteiger partial charge in [0.15, 0.2) is 0 Å². The summed E-state index contributed by atoms with van der Waals surface area (Å²) in [5.41, 5.74) is 2.23. The average molecular weight is 226 g/mol. The SMILES string of the molecule is CCCc1c[nH]n2c(=O)c3ccccc3cc12. The quantitative estimate of drug-likeness (QED) is 0.716. The van der Waals surface area contributed by atoms with Crippen molar-refractivity contribution in [2.45, 2.75) is 19.8 Å². The van der Waals surface area contributed by atoms with Crippen LogP contribution in [-0.4, -0.2) is 9.61 Å². The minimum Gasteiger partial charge on any atom is -0.298 e. The van der Waals surface area contributed by atoms with Crippen LogP contribution in [0.4, 0.5) is 0 Å². The van der Waals surface area contributed by atoms with E-state index in [1.807, 2.05) is 30.5 Å². The minimum atomic E-state index is 0.0282. The van der Waals surface area contributed by atoms with Crippen LogP contribution in [0.15, 0.2) is 41.3 Å². The van der Waals surface area contributed by atoms with Crippen molar-refractivity contribution >= 4 is 16.3 Å². The molecule has 1 aromatic carbocycles. The molecule has 0 aliphatic carbocycles. The van der Waals surface area contributed by atoms with Gasteiger partial charge in [0.1, 0.15) is 0 Å². The van der Waals surface area contributed by atoms with Crippen molar-refractivity contribution in [1.82, 2.24) is 9.61 Å². The summed E-state index contributed by atoms with van der Waals surface area (Å²) in [6.07, 6.45) is 4.00. The molecule has 86 valence electrons. The maximum absolute atomic E-state index is 12.2. The molecular formula is C14H14N2O. The Bertz CT molecular complexity index is 737. The van der Waals surface area contributed by atoms with Crippen LogP contribution in [0.5, 0.6) is 0 Å². The van der Waals surface area contributed by atoms with Gasteiger partial charge in [-0.05, 0) is 29.5 Å². The Morgan fingerprint density at radius 3 is 2.94 bits per heavy atom. The number of nitrogens with zero attached hydrogens (tertiary/aromatic N) is 1. The van der Waals surface area contributed by atoms with E-state index >= 15 is 0 Å². The van der Waals surface area contributed by atoms with Gasteiger partial charge in [0.05, 0.1) is 5.52 Å². The molecule has 0 spiro atoms. The lowest BCUT2D eigenvalue weighted by Crippen LogP contribution is -2.13. The summed E-state index contributed by atoms with van der Waals surface area (Å²) in [6.45, 7) is 2.14. The van der Waals surface area contributed by atoms with E-state index in [1.54, 1.807) is 4.52 Å². The van der Waals surface area contributed by atoms with Crippen molar-refractivity contribution < 1.29 is 0 Å². The normalized spacial score (nSPS) is 11.4. The van der Waals surface area contributed by atoms with Crippen molar-refractivity contribution in [2.24, 2.45) is 0 Å². The number of nitrogens with one attached hydrogen (secondary N) is 1. The van der Waals surface area contributed by atoms with Gasteiger partial charge in [-0.2, -0.15) is 0 Å². The fourth-order valence-corrected chi connectivity index (χ4v) is 2.31. The summed E-state index contributed by atoms with van der Waals surface area (Å²) in [4.78, 5) is 12.2. The van der Waals surface area contributed by atoms with Gasteiger partial charge in [0, 0.05) is 11.6 Å². The molecule has 0 aliphatic heterocycles. The lowest BCUT2D eigenvalue weighted by Gasteiger charge is -2.00. The second kappa shape index (κ2) is 3.77. The maximum atomic E-state index is 12.2. The number of aryl methyl sites for hydroxylation is 1. The highest BCUT2D eigenvalue weighted by atomic mass is 16.1. The molecule has 0 amide bonds. The number of pyridine rings is 1. The first kappa shape index (κ1) is 10.1. The van der Waals surface area contributed by atoms with Crippen LogP contribution in [0.1, 0.15) is 18.9 Å². The Morgan fingerprint density at radius 1 is 1.29 bits per heavy atom. The molecule has 0 saturated carbocycles. The molecule has 17 heavy (non-hydrogen) atoms. The summed E-state index contributed by atoms with van der Waals surface area (Å²) in [5.74, 6) is 0. The monoisotopic (exact) mass is 226 g/mol. The summed E-state index contributed by atoms with van der Waals surface area (Å²) in [5, 5.41) is 4.81. The van der Waals surface area contributed by atoms with Crippen LogP contribution >= 0.6 is 0 Å². The Morgan fingerprint density at radius 2 is 2.12 bits per heavy atom. The average Bonchev–Trinajstić information content (AvgIpc) is 2.74. The molecule has 2 aromatic heterocycles. The van der Waals surface area contributed by atoms with Crippen LogP contribution < -0.4 is 5.56 Å². The molecule has 3 heteroatoms. The first-order chi connectivity index (χ1) is 8.31. The number of hydrogen-bond acceptors (Lipinski definition) is 1. The molecule has 0 aliphatic rings. The molecule has 3 aromatic rings. The van der Waals surface area contributed by atoms with E-state index in [0.29, 0.717) is 0 Å². The molecule has 3 nitrogen and oxygen atoms in total. The number of benzene rings is 1. The van der Waals surface area contributed by atoms with Gasteiger partial charge in [-0.15, -0.1) is 0 Å². The third-order valence-corrected chi connectivity index (χ3v) is 3.14. The largest absolute Gasteiger partial charge is 0.298 e. The molecule has 0 bridgehead atoms. The zero-order valence-corrected chi connectivity index (χ0v) is 9.73. The van der Waals surface area contributed by atoms with Gasteiger partial charge >= 0.3 is 0 Å². The highest BCUT2D eigenvalue weighted by Gasteiger charge is 2.07. The highest BCUT2D eigenvalue weighted by Crippen LogP contribution is 2.16. The Kier molecular flexibility index (Phi) is 2.25. The zero-order chi connectivity index (χ0) is 11.8. The summed E-state index contributed by atoms with van der Waals surface area (Å²) in [6, 6.07) is 9.79. The third kappa shape index (κ3) is 1.46. The van der Waals surface area contributed by atoms with Crippen molar-refractivity contribution in [1.29, 1.82) is 0 Å². The number of H-pyrrole nitrogens is 1. The second-order valence-corrected chi connectivity index (χ2v) is 4.31. The van der Waals surface area contributed by atoms with Crippen LogP contribution in [0.25, 0.3) is 16.3 Å². The van der Waals surface area contributed by atoms with Gasteiger partial charge in [0.25, 0.3) is 5.56 Å². The molecule has 1 N–H and O–H groups in total. The molecule has 0 radical (unpaired) electrons. The second-order valence-electron chi connectivity index (χ2n) is 4.31. The molecule has 0 saturated heterocycles. The molecule has 3 rings (SSSR count). The maximum Gasteiger partial charge on any atom is 0.277 e. The molecule has 2 heterocycles. The topological polar surface area (TPSA) is 37.3 Å². The summed E-state index contributed by atoms with van der Waals surface area (Å²) < 4.78 is 1.63. The standard InChI is InChI=1S/C14H14N2O/c1-2-5-11-9-15-16-13(11)8-10-6-3-4-7-12(10)14(16)17/h3-4,6-9,15H,2,5H2,1H3. The number of fused-ring (bicyclic) bond motifs is 2. The molecule has 0 atom stereocenters. The number of aromatic amines is 1. The first-order valence-electron chi connectivity index (χ1n) is 5.92. The molecule has 0 fully saturated rings. The van der Waals surface area contributed by atoms with Gasteiger partial charge in [-0.3, -0.25) is 9.89 Å². The number of aromatic nitrogens is 2. The van der Waals surface area contributed by atoms with E-state index in [2.05, 4.69) is 18.1 Å². The first-order valence-corrected chi connectivity index (χ1v) is 5.92. The number of rotatable bonds is 2. The van der Waals surface area contributed by atoms with E-state index in [1.165, 1.54) is 5.56 Å². The predicted molar refractivity (Wildman–Crippen MR) is 69.5 cm³/mol. The van der Waals surface area contributed by atoms with Crippen LogP contribution in [0.2, 0.25) is 0 Å². The van der Waals surface area contributed by atoms with Gasteiger partial charge in [0.2, 0.25) is 0 Å². The fourth-order valence-electron chi connectivity index (χ4n) is 2.31. The fraction of sp³-hybridized carbons (Fsp3) is 0.214. The van der Waals surface area contributed by atoms with E-state index in [0.717, 1.165) is 29.1 Å². The lowest BCUT2D eigenvalue weighted by molar-refractivity contribution is 0.928. The van der Waals surface area contributed by atoms with Gasteiger partial charge in [-0.25, -0.2) is 4.52 Å². The van der Waals surface area contributed by atoms with Gasteiger partial charge in [-0.1, -0.05) is 31.5 Å².